The van der Waals surface area contributed by atoms with Crippen LogP contribution in [0.2, 0.25) is 0 Å². The molecule has 1 N–H and O–H groups in total. The molecule has 1 fully saturated rings. The molecule has 0 heterocycles. The van der Waals surface area contributed by atoms with Crippen molar-refractivity contribution < 1.29 is 4.79 Å². The zero-order valence-corrected chi connectivity index (χ0v) is 12.1. The Labute approximate surface area is 116 Å². The minimum absolute atomic E-state index is 0.217. The first-order chi connectivity index (χ1) is 9.20. The van der Waals surface area contributed by atoms with Gasteiger partial charge in [-0.05, 0) is 43.0 Å². The lowest BCUT2D eigenvalue weighted by Gasteiger charge is -2.24. The highest BCUT2D eigenvalue weighted by Crippen LogP contribution is 2.26. The molecule has 0 bridgehead atoms. The molecule has 1 aliphatic carbocycles. The van der Waals surface area contributed by atoms with Gasteiger partial charge in [-0.2, -0.15) is 0 Å². The lowest BCUT2D eigenvalue weighted by molar-refractivity contribution is 0.0988. The number of carbonyl (C=O) groups is 1. The molecule has 2 nitrogen and oxygen atoms in total. The van der Waals surface area contributed by atoms with E-state index in [-0.39, 0.29) is 5.78 Å². The van der Waals surface area contributed by atoms with E-state index < -0.39 is 0 Å². The molecule has 0 aromatic heterocycles. The number of carbonyl (C=O) groups excluding carboxylic acids is 1. The van der Waals surface area contributed by atoms with Crippen molar-refractivity contribution in [1.29, 1.82) is 0 Å². The predicted octanol–water partition coefficient (Wildman–Crippen LogP) is 4.66. The second kappa shape index (κ2) is 6.74. The Balaban J connectivity index is 2.00. The summed E-state index contributed by atoms with van der Waals surface area (Å²) in [4.78, 5) is 11.6. The van der Waals surface area contributed by atoms with Gasteiger partial charge < -0.3 is 5.32 Å². The Bertz CT molecular complexity index is 410. The number of Topliss-reactive ketones (excluding diaryl/α,β-unsaturated/α-hetero) is 1. The maximum absolute atomic E-state index is 11.6. The molecule has 0 amide bonds. The molecule has 0 saturated heterocycles. The number of rotatable bonds is 4. The van der Waals surface area contributed by atoms with Crippen molar-refractivity contribution >= 4 is 11.5 Å². The Morgan fingerprint density at radius 1 is 1.16 bits per heavy atom. The predicted molar refractivity (Wildman–Crippen MR) is 80.7 cm³/mol. The van der Waals surface area contributed by atoms with E-state index in [1.165, 1.54) is 32.1 Å². The first-order valence-electron chi connectivity index (χ1n) is 7.60. The van der Waals surface area contributed by atoms with Gasteiger partial charge in [-0.3, -0.25) is 4.79 Å². The van der Waals surface area contributed by atoms with E-state index in [9.17, 15) is 4.79 Å². The summed E-state index contributed by atoms with van der Waals surface area (Å²) in [5.41, 5.74) is 1.97. The third-order valence-electron chi connectivity index (χ3n) is 4.24. The fraction of sp³-hybridized carbons (Fsp3) is 0.588. The van der Waals surface area contributed by atoms with Crippen molar-refractivity contribution in [2.24, 2.45) is 5.92 Å². The maximum Gasteiger partial charge on any atom is 0.162 e. The van der Waals surface area contributed by atoms with Crippen molar-refractivity contribution in [1.82, 2.24) is 0 Å². The van der Waals surface area contributed by atoms with Crippen LogP contribution in [0.25, 0.3) is 0 Å². The van der Waals surface area contributed by atoms with Crippen LogP contribution in [0.15, 0.2) is 24.3 Å². The average Bonchev–Trinajstić information content (AvgIpc) is 2.64. The molecule has 1 aliphatic rings. The molecule has 1 aromatic rings. The SMILES string of the molecule is CCC(=O)c1ccc(NC2CCCCCC2C)cc1. The second-order valence-corrected chi connectivity index (χ2v) is 5.72. The van der Waals surface area contributed by atoms with E-state index in [1.807, 2.05) is 31.2 Å². The molecular weight excluding hydrogens is 234 g/mol. The zero-order valence-electron chi connectivity index (χ0n) is 12.1. The van der Waals surface area contributed by atoms with Crippen molar-refractivity contribution in [3.05, 3.63) is 29.8 Å². The number of anilines is 1. The normalized spacial score (nSPS) is 23.7. The summed E-state index contributed by atoms with van der Waals surface area (Å²) in [6.07, 6.45) is 7.22. The van der Waals surface area contributed by atoms with Crippen molar-refractivity contribution in [2.75, 3.05) is 5.32 Å². The maximum atomic E-state index is 11.6. The van der Waals surface area contributed by atoms with Gasteiger partial charge in [-0.15, -0.1) is 0 Å². The van der Waals surface area contributed by atoms with Crippen LogP contribution in [0, 0.1) is 5.92 Å². The highest BCUT2D eigenvalue weighted by molar-refractivity contribution is 5.96. The molecular formula is C17H25NO. The van der Waals surface area contributed by atoms with Gasteiger partial charge in [0.25, 0.3) is 0 Å². The van der Waals surface area contributed by atoms with Crippen LogP contribution in [0.5, 0.6) is 0 Å². The molecule has 2 rings (SSSR count). The minimum atomic E-state index is 0.217. The molecule has 2 unspecified atom stereocenters. The number of nitrogens with one attached hydrogen (secondary N) is 1. The quantitative estimate of drug-likeness (QED) is 0.629. The molecule has 0 radical (unpaired) electrons. The van der Waals surface area contributed by atoms with Crippen molar-refractivity contribution in [3.8, 4) is 0 Å². The lowest BCUT2D eigenvalue weighted by atomic mass is 9.96. The molecule has 19 heavy (non-hydrogen) atoms. The minimum Gasteiger partial charge on any atom is -0.382 e. The van der Waals surface area contributed by atoms with Gasteiger partial charge in [0, 0.05) is 23.7 Å². The first kappa shape index (κ1) is 14.1. The van der Waals surface area contributed by atoms with Crippen LogP contribution in [0.4, 0.5) is 5.69 Å². The van der Waals surface area contributed by atoms with Gasteiger partial charge in [-0.25, -0.2) is 0 Å². The Kier molecular flexibility index (Phi) is 5.00. The third-order valence-corrected chi connectivity index (χ3v) is 4.24. The number of hydrogen-bond acceptors (Lipinski definition) is 2. The summed E-state index contributed by atoms with van der Waals surface area (Å²) >= 11 is 0. The first-order valence-corrected chi connectivity index (χ1v) is 7.60. The summed E-state index contributed by atoms with van der Waals surface area (Å²) in [7, 11) is 0. The van der Waals surface area contributed by atoms with Crippen LogP contribution < -0.4 is 5.32 Å². The van der Waals surface area contributed by atoms with Gasteiger partial charge >= 0.3 is 0 Å². The van der Waals surface area contributed by atoms with E-state index in [0.29, 0.717) is 12.5 Å². The molecule has 1 aromatic carbocycles. The monoisotopic (exact) mass is 259 g/mol. The number of benzene rings is 1. The fourth-order valence-corrected chi connectivity index (χ4v) is 2.88. The third kappa shape index (κ3) is 3.82. The van der Waals surface area contributed by atoms with Gasteiger partial charge in [-0.1, -0.05) is 33.1 Å². The molecule has 2 heteroatoms. The molecule has 0 aliphatic heterocycles. The molecule has 0 spiro atoms. The van der Waals surface area contributed by atoms with E-state index in [1.54, 1.807) is 0 Å². The molecule has 1 saturated carbocycles. The molecule has 104 valence electrons. The van der Waals surface area contributed by atoms with Gasteiger partial charge in [0.05, 0.1) is 0 Å². The van der Waals surface area contributed by atoms with E-state index in [4.69, 9.17) is 0 Å². The Morgan fingerprint density at radius 3 is 2.53 bits per heavy atom. The van der Waals surface area contributed by atoms with Gasteiger partial charge in [0.1, 0.15) is 0 Å². The van der Waals surface area contributed by atoms with Crippen LogP contribution in [0.3, 0.4) is 0 Å². The summed E-state index contributed by atoms with van der Waals surface area (Å²) < 4.78 is 0. The van der Waals surface area contributed by atoms with E-state index >= 15 is 0 Å². The number of hydrogen-bond donors (Lipinski definition) is 1. The summed E-state index contributed by atoms with van der Waals surface area (Å²) in [6.45, 7) is 4.25. The highest BCUT2D eigenvalue weighted by Gasteiger charge is 2.19. The van der Waals surface area contributed by atoms with E-state index in [0.717, 1.165) is 17.2 Å². The van der Waals surface area contributed by atoms with Crippen LogP contribution >= 0.6 is 0 Å². The zero-order chi connectivity index (χ0) is 13.7. The molecule has 2 atom stereocenters. The summed E-state index contributed by atoms with van der Waals surface area (Å²) in [5, 5.41) is 3.64. The summed E-state index contributed by atoms with van der Waals surface area (Å²) in [5.74, 6) is 0.953. The Hall–Kier alpha value is -1.31. The number of ketones is 1. The van der Waals surface area contributed by atoms with Gasteiger partial charge in [0.2, 0.25) is 0 Å². The smallest absolute Gasteiger partial charge is 0.162 e. The van der Waals surface area contributed by atoms with Crippen LogP contribution in [-0.4, -0.2) is 11.8 Å². The van der Waals surface area contributed by atoms with Crippen LogP contribution in [-0.2, 0) is 0 Å². The Morgan fingerprint density at radius 2 is 1.84 bits per heavy atom. The highest BCUT2D eigenvalue weighted by atomic mass is 16.1. The van der Waals surface area contributed by atoms with E-state index in [2.05, 4.69) is 12.2 Å². The largest absolute Gasteiger partial charge is 0.382 e. The van der Waals surface area contributed by atoms with Crippen LogP contribution in [0.1, 0.15) is 62.7 Å². The van der Waals surface area contributed by atoms with Gasteiger partial charge in [0.15, 0.2) is 5.78 Å². The topological polar surface area (TPSA) is 29.1 Å². The standard InChI is InChI=1S/C17H25NO/c1-3-17(19)14-9-11-15(12-10-14)18-16-8-6-4-5-7-13(16)2/h9-13,16,18H,3-8H2,1-2H3. The fourth-order valence-electron chi connectivity index (χ4n) is 2.88. The summed E-state index contributed by atoms with van der Waals surface area (Å²) in [6, 6.07) is 8.54. The van der Waals surface area contributed by atoms with Crippen molar-refractivity contribution in [2.45, 2.75) is 58.4 Å². The van der Waals surface area contributed by atoms with Crippen molar-refractivity contribution in [3.63, 3.8) is 0 Å². The lowest BCUT2D eigenvalue weighted by Crippen LogP contribution is -2.26. The second-order valence-electron chi connectivity index (χ2n) is 5.72. The average molecular weight is 259 g/mol.